The number of carbonyl (C=O) groups excluding carboxylic acids is 2. The monoisotopic (exact) mass is 336 g/mol. The van der Waals surface area contributed by atoms with E-state index < -0.39 is 12.0 Å². The van der Waals surface area contributed by atoms with Gasteiger partial charge in [-0.15, -0.1) is 0 Å². The van der Waals surface area contributed by atoms with E-state index in [0.29, 0.717) is 11.3 Å². The molecule has 0 spiro atoms. The van der Waals surface area contributed by atoms with E-state index in [1.54, 1.807) is 13.8 Å². The number of benzene rings is 2. The molecule has 0 aromatic heterocycles. The maximum atomic E-state index is 12.3. The van der Waals surface area contributed by atoms with Crippen LogP contribution in [0.3, 0.4) is 0 Å². The van der Waals surface area contributed by atoms with E-state index in [1.165, 1.54) is 0 Å². The summed E-state index contributed by atoms with van der Waals surface area (Å²) in [5.74, 6) is -0.426. The molecule has 1 aliphatic heterocycles. The molecular weight excluding hydrogens is 316 g/mol. The average Bonchev–Trinajstić information content (AvgIpc) is 2.62. The quantitative estimate of drug-likeness (QED) is 0.839. The van der Waals surface area contributed by atoms with Crippen molar-refractivity contribution in [3.63, 3.8) is 0 Å². The fourth-order valence-electron chi connectivity index (χ4n) is 2.92. The summed E-state index contributed by atoms with van der Waals surface area (Å²) in [4.78, 5) is 24.2. The van der Waals surface area contributed by atoms with E-state index in [9.17, 15) is 9.59 Å². The Morgan fingerprint density at radius 1 is 1.04 bits per heavy atom. The zero-order valence-corrected chi connectivity index (χ0v) is 14.2. The Labute approximate surface area is 146 Å². The van der Waals surface area contributed by atoms with Crippen LogP contribution in [0.1, 0.15) is 25.5 Å². The average molecular weight is 336 g/mol. The molecule has 2 aromatic rings. The summed E-state index contributed by atoms with van der Waals surface area (Å²) in [5, 5.41) is 5.44. The van der Waals surface area contributed by atoms with Crippen LogP contribution in [0.5, 0.6) is 0 Å². The molecule has 0 saturated carbocycles. The van der Waals surface area contributed by atoms with Crippen LogP contribution >= 0.6 is 0 Å². The number of hydrogen-bond donors (Lipinski definition) is 2. The molecule has 5 nitrogen and oxygen atoms in total. The second-order valence-corrected chi connectivity index (χ2v) is 5.78. The van der Waals surface area contributed by atoms with Gasteiger partial charge < -0.3 is 15.4 Å². The van der Waals surface area contributed by atoms with Crippen LogP contribution in [0, 0.1) is 0 Å². The molecule has 0 radical (unpaired) electrons. The molecule has 3 rings (SSSR count). The minimum atomic E-state index is -0.530. The normalized spacial score (nSPS) is 16.9. The molecule has 0 fully saturated rings. The largest absolute Gasteiger partial charge is 0.463 e. The van der Waals surface area contributed by atoms with Crippen molar-refractivity contribution >= 4 is 12.0 Å². The number of amides is 2. The van der Waals surface area contributed by atoms with Crippen molar-refractivity contribution in [3.05, 3.63) is 71.4 Å². The summed E-state index contributed by atoms with van der Waals surface area (Å²) < 4.78 is 5.14. The molecule has 2 aromatic carbocycles. The lowest BCUT2D eigenvalue weighted by molar-refractivity contribution is -0.139. The summed E-state index contributed by atoms with van der Waals surface area (Å²) in [6.45, 7) is 3.74. The van der Waals surface area contributed by atoms with Crippen molar-refractivity contribution in [2.45, 2.75) is 19.9 Å². The number of ether oxygens (including phenoxy) is 1. The maximum Gasteiger partial charge on any atom is 0.338 e. The van der Waals surface area contributed by atoms with Gasteiger partial charge in [0.25, 0.3) is 0 Å². The van der Waals surface area contributed by atoms with E-state index in [1.807, 2.05) is 54.6 Å². The van der Waals surface area contributed by atoms with Gasteiger partial charge in [0.1, 0.15) is 0 Å². The first-order valence-corrected chi connectivity index (χ1v) is 8.21. The Morgan fingerprint density at radius 2 is 1.68 bits per heavy atom. The molecule has 0 bridgehead atoms. The SMILES string of the molecule is CCOC(=O)C1=C(C)NC(=O)N[C@H]1c1ccc(-c2ccccc2)cc1. The van der Waals surface area contributed by atoms with Crippen molar-refractivity contribution in [2.24, 2.45) is 0 Å². The van der Waals surface area contributed by atoms with Crippen LogP contribution in [0.2, 0.25) is 0 Å². The van der Waals surface area contributed by atoms with E-state index >= 15 is 0 Å². The van der Waals surface area contributed by atoms with Crippen LogP contribution in [0.15, 0.2) is 65.9 Å². The molecule has 1 aliphatic rings. The first-order valence-electron chi connectivity index (χ1n) is 8.21. The van der Waals surface area contributed by atoms with Crippen molar-refractivity contribution in [1.29, 1.82) is 0 Å². The third kappa shape index (κ3) is 3.55. The van der Waals surface area contributed by atoms with E-state index in [2.05, 4.69) is 10.6 Å². The van der Waals surface area contributed by atoms with Gasteiger partial charge in [0.15, 0.2) is 0 Å². The van der Waals surface area contributed by atoms with Crippen molar-refractivity contribution in [1.82, 2.24) is 10.6 Å². The third-order valence-corrected chi connectivity index (χ3v) is 4.12. The second-order valence-electron chi connectivity index (χ2n) is 5.78. The van der Waals surface area contributed by atoms with Gasteiger partial charge in [0.2, 0.25) is 0 Å². The highest BCUT2D eigenvalue weighted by Crippen LogP contribution is 2.29. The highest BCUT2D eigenvalue weighted by molar-refractivity contribution is 5.95. The molecule has 5 heteroatoms. The fraction of sp³-hybridized carbons (Fsp3) is 0.200. The third-order valence-electron chi connectivity index (χ3n) is 4.12. The van der Waals surface area contributed by atoms with Crippen molar-refractivity contribution in [2.75, 3.05) is 6.61 Å². The zero-order chi connectivity index (χ0) is 17.8. The summed E-state index contributed by atoms with van der Waals surface area (Å²) >= 11 is 0. The standard InChI is InChI=1S/C20H20N2O3/c1-3-25-19(23)17-13(2)21-20(24)22-18(17)16-11-9-15(10-12-16)14-7-5-4-6-8-14/h4-12,18H,3H2,1-2H3,(H2,21,22,24)/t18-/m0/s1. The molecular formula is C20H20N2O3. The van der Waals surface area contributed by atoms with Crippen LogP contribution in [0.25, 0.3) is 11.1 Å². The summed E-state index contributed by atoms with van der Waals surface area (Å²) in [6, 6.07) is 17.0. The zero-order valence-electron chi connectivity index (χ0n) is 14.2. The highest BCUT2D eigenvalue weighted by atomic mass is 16.5. The molecule has 1 heterocycles. The number of carbonyl (C=O) groups is 2. The first-order chi connectivity index (χ1) is 12.1. The van der Waals surface area contributed by atoms with Gasteiger partial charge in [0.05, 0.1) is 18.2 Å². The van der Waals surface area contributed by atoms with Crippen molar-refractivity contribution in [3.8, 4) is 11.1 Å². The summed E-state index contributed by atoms with van der Waals surface area (Å²) in [5.41, 5.74) is 3.95. The van der Waals surface area contributed by atoms with E-state index in [4.69, 9.17) is 4.74 Å². The van der Waals surface area contributed by atoms with E-state index in [-0.39, 0.29) is 12.6 Å². The Bertz CT molecular complexity index is 811. The van der Waals surface area contributed by atoms with Crippen LogP contribution in [0.4, 0.5) is 4.79 Å². The molecule has 2 N–H and O–H groups in total. The Balaban J connectivity index is 1.94. The molecule has 0 unspecified atom stereocenters. The van der Waals surface area contributed by atoms with Gasteiger partial charge in [-0.1, -0.05) is 54.6 Å². The van der Waals surface area contributed by atoms with Crippen LogP contribution < -0.4 is 10.6 Å². The lowest BCUT2D eigenvalue weighted by Gasteiger charge is -2.28. The van der Waals surface area contributed by atoms with Gasteiger partial charge in [-0.25, -0.2) is 9.59 Å². The highest BCUT2D eigenvalue weighted by Gasteiger charge is 2.31. The Hall–Kier alpha value is -3.08. The topological polar surface area (TPSA) is 67.4 Å². The molecule has 128 valence electrons. The molecule has 0 saturated heterocycles. The summed E-state index contributed by atoms with van der Waals surface area (Å²) in [7, 11) is 0. The number of rotatable bonds is 4. The number of hydrogen-bond acceptors (Lipinski definition) is 3. The Morgan fingerprint density at radius 3 is 2.32 bits per heavy atom. The lowest BCUT2D eigenvalue weighted by Crippen LogP contribution is -2.45. The minimum Gasteiger partial charge on any atom is -0.463 e. The van der Waals surface area contributed by atoms with E-state index in [0.717, 1.165) is 16.7 Å². The number of allylic oxidation sites excluding steroid dienone is 1. The second kappa shape index (κ2) is 7.21. The van der Waals surface area contributed by atoms with Gasteiger partial charge >= 0.3 is 12.0 Å². The summed E-state index contributed by atoms with van der Waals surface area (Å²) in [6.07, 6.45) is 0. The maximum absolute atomic E-state index is 12.3. The minimum absolute atomic E-state index is 0.281. The van der Waals surface area contributed by atoms with Gasteiger partial charge in [-0.3, -0.25) is 0 Å². The van der Waals surface area contributed by atoms with Gasteiger partial charge in [-0.2, -0.15) is 0 Å². The predicted octanol–water partition coefficient (Wildman–Crippen LogP) is 3.54. The Kier molecular flexibility index (Phi) is 4.84. The molecule has 25 heavy (non-hydrogen) atoms. The van der Waals surface area contributed by atoms with Crippen LogP contribution in [-0.4, -0.2) is 18.6 Å². The molecule has 2 amide bonds. The molecule has 0 aliphatic carbocycles. The van der Waals surface area contributed by atoms with Gasteiger partial charge in [-0.05, 0) is 30.5 Å². The van der Waals surface area contributed by atoms with Crippen molar-refractivity contribution < 1.29 is 14.3 Å². The lowest BCUT2D eigenvalue weighted by atomic mass is 9.94. The number of esters is 1. The number of nitrogens with one attached hydrogen (secondary N) is 2. The van der Waals surface area contributed by atoms with Gasteiger partial charge in [0, 0.05) is 5.70 Å². The first kappa shape index (κ1) is 16.8. The fourth-order valence-corrected chi connectivity index (χ4v) is 2.92. The predicted molar refractivity (Wildman–Crippen MR) is 95.6 cm³/mol. The number of urea groups is 1. The van der Waals surface area contributed by atoms with Crippen LogP contribution in [-0.2, 0) is 9.53 Å². The molecule has 1 atom stereocenters. The smallest absolute Gasteiger partial charge is 0.338 e.